The minimum Gasteiger partial charge on any atom is -0.446 e. The molecule has 0 saturated heterocycles. The molecule has 0 atom stereocenters. The molecule has 8 heteroatoms. The fourth-order valence-corrected chi connectivity index (χ4v) is 2.31. The molecule has 1 amide bonds. The summed E-state index contributed by atoms with van der Waals surface area (Å²) in [6.07, 6.45) is -1.40. The molecule has 0 aliphatic carbocycles. The maximum absolute atomic E-state index is 11.6. The van der Waals surface area contributed by atoms with Gasteiger partial charge in [-0.1, -0.05) is 34.1 Å². The Bertz CT molecular complexity index is 545. The summed E-state index contributed by atoms with van der Waals surface area (Å²) >= 11 is 3.30. The van der Waals surface area contributed by atoms with Crippen LogP contribution in [0.3, 0.4) is 0 Å². The molecule has 0 fully saturated rings. The Kier molecular flexibility index (Phi) is 5.77. The van der Waals surface area contributed by atoms with Gasteiger partial charge < -0.3 is 4.74 Å². The van der Waals surface area contributed by atoms with Crippen LogP contribution < -0.4 is 9.44 Å². The van der Waals surface area contributed by atoms with Crippen molar-refractivity contribution < 1.29 is 17.9 Å². The molecule has 6 nitrogen and oxygen atoms in total. The number of hydrogen-bond donors (Lipinski definition) is 2. The Labute approximate surface area is 120 Å². The van der Waals surface area contributed by atoms with E-state index in [0.717, 1.165) is 10.0 Å². The molecule has 19 heavy (non-hydrogen) atoms. The monoisotopic (exact) mass is 350 g/mol. The summed E-state index contributed by atoms with van der Waals surface area (Å²) in [7, 11) is -3.94. The Morgan fingerprint density at radius 3 is 2.58 bits per heavy atom. The second-order valence-electron chi connectivity index (χ2n) is 3.97. The average Bonchev–Trinajstić information content (AvgIpc) is 2.26. The van der Waals surface area contributed by atoms with E-state index in [1.54, 1.807) is 36.8 Å². The van der Waals surface area contributed by atoms with E-state index in [4.69, 9.17) is 0 Å². The molecule has 0 bridgehead atoms. The van der Waals surface area contributed by atoms with Gasteiger partial charge in [0.15, 0.2) is 0 Å². The van der Waals surface area contributed by atoms with Crippen LogP contribution in [0.1, 0.15) is 19.4 Å². The van der Waals surface area contributed by atoms with Gasteiger partial charge >= 0.3 is 16.3 Å². The molecule has 1 aromatic carbocycles. The minimum absolute atomic E-state index is 0.0612. The van der Waals surface area contributed by atoms with Crippen molar-refractivity contribution in [3.05, 3.63) is 34.3 Å². The Morgan fingerprint density at radius 2 is 2.00 bits per heavy atom. The van der Waals surface area contributed by atoms with Crippen molar-refractivity contribution in [2.45, 2.75) is 26.5 Å². The predicted molar refractivity (Wildman–Crippen MR) is 74.7 cm³/mol. The first kappa shape index (κ1) is 15.9. The van der Waals surface area contributed by atoms with Gasteiger partial charge in [-0.15, -0.1) is 0 Å². The third kappa shape index (κ3) is 6.04. The largest absolute Gasteiger partial charge is 0.446 e. The van der Waals surface area contributed by atoms with Gasteiger partial charge in [0.1, 0.15) is 0 Å². The number of benzene rings is 1. The Morgan fingerprint density at radius 1 is 1.37 bits per heavy atom. The van der Waals surface area contributed by atoms with Crippen molar-refractivity contribution in [1.29, 1.82) is 0 Å². The van der Waals surface area contributed by atoms with Gasteiger partial charge in [0.2, 0.25) is 0 Å². The third-order valence-electron chi connectivity index (χ3n) is 1.97. The zero-order valence-corrected chi connectivity index (χ0v) is 12.9. The maximum Gasteiger partial charge on any atom is 0.422 e. The van der Waals surface area contributed by atoms with Gasteiger partial charge in [0.25, 0.3) is 0 Å². The molecule has 0 saturated carbocycles. The molecule has 0 aliphatic heterocycles. The normalized spacial score (nSPS) is 11.4. The van der Waals surface area contributed by atoms with E-state index in [9.17, 15) is 13.2 Å². The lowest BCUT2D eigenvalue weighted by atomic mass is 10.2. The molecule has 0 aliphatic rings. The highest BCUT2D eigenvalue weighted by molar-refractivity contribution is 9.10. The number of nitrogens with one attached hydrogen (secondary N) is 2. The second-order valence-corrected chi connectivity index (χ2v) is 6.33. The van der Waals surface area contributed by atoms with Crippen LogP contribution in [0.15, 0.2) is 28.7 Å². The SMILES string of the molecule is CC(C)OC(=O)NS(=O)(=O)NCc1ccccc1Br. The van der Waals surface area contributed by atoms with Crippen LogP contribution in [0.2, 0.25) is 0 Å². The molecule has 0 radical (unpaired) electrons. The summed E-state index contributed by atoms with van der Waals surface area (Å²) in [6, 6.07) is 7.16. The number of rotatable bonds is 5. The number of hydrogen-bond acceptors (Lipinski definition) is 4. The van der Waals surface area contributed by atoms with Gasteiger partial charge in [-0.05, 0) is 25.5 Å². The molecule has 106 valence electrons. The Balaban J connectivity index is 2.56. The van der Waals surface area contributed by atoms with Crippen LogP contribution in [-0.2, 0) is 21.5 Å². The first-order valence-corrected chi connectivity index (χ1v) is 7.79. The van der Waals surface area contributed by atoms with E-state index in [0.29, 0.717) is 0 Å². The van der Waals surface area contributed by atoms with E-state index >= 15 is 0 Å². The molecule has 0 unspecified atom stereocenters. The number of carbonyl (C=O) groups is 1. The van der Waals surface area contributed by atoms with Gasteiger partial charge in [-0.3, -0.25) is 0 Å². The minimum atomic E-state index is -3.94. The smallest absolute Gasteiger partial charge is 0.422 e. The summed E-state index contributed by atoms with van der Waals surface area (Å²) in [5.41, 5.74) is 0.755. The van der Waals surface area contributed by atoms with E-state index in [2.05, 4.69) is 25.4 Å². The van der Waals surface area contributed by atoms with Crippen molar-refractivity contribution in [3.8, 4) is 0 Å². The van der Waals surface area contributed by atoms with Gasteiger partial charge in [-0.2, -0.15) is 13.1 Å². The summed E-state index contributed by atoms with van der Waals surface area (Å²) in [5, 5.41) is 0. The van der Waals surface area contributed by atoms with Crippen molar-refractivity contribution in [3.63, 3.8) is 0 Å². The molecule has 1 rings (SSSR count). The number of carbonyl (C=O) groups excluding carboxylic acids is 1. The van der Waals surface area contributed by atoms with Crippen LogP contribution in [0, 0.1) is 0 Å². The summed E-state index contributed by atoms with van der Waals surface area (Å²) < 4.78 is 32.6. The van der Waals surface area contributed by atoms with Crippen molar-refractivity contribution in [2.24, 2.45) is 0 Å². The molecule has 1 aromatic rings. The molecule has 2 N–H and O–H groups in total. The first-order chi connectivity index (χ1) is 8.80. The van der Waals surface area contributed by atoms with Gasteiger partial charge in [0.05, 0.1) is 6.10 Å². The van der Waals surface area contributed by atoms with Crippen LogP contribution in [0.5, 0.6) is 0 Å². The standard InChI is InChI=1S/C11H15BrN2O4S/c1-8(2)18-11(15)14-19(16,17)13-7-9-5-3-4-6-10(9)12/h3-6,8,13H,7H2,1-2H3,(H,14,15). The molecule has 0 aromatic heterocycles. The van der Waals surface area contributed by atoms with E-state index in [1.807, 2.05) is 6.07 Å². The van der Waals surface area contributed by atoms with Crippen LogP contribution in [0.4, 0.5) is 4.79 Å². The Hall–Kier alpha value is -1.12. The van der Waals surface area contributed by atoms with Crippen LogP contribution in [0.25, 0.3) is 0 Å². The zero-order valence-electron chi connectivity index (χ0n) is 10.5. The summed E-state index contributed by atoms with van der Waals surface area (Å²) in [6.45, 7) is 3.31. The number of halogens is 1. The van der Waals surface area contributed by atoms with E-state index < -0.39 is 22.4 Å². The number of amides is 1. The number of ether oxygens (including phenoxy) is 1. The van der Waals surface area contributed by atoms with Crippen LogP contribution in [-0.4, -0.2) is 20.6 Å². The quantitative estimate of drug-likeness (QED) is 0.849. The van der Waals surface area contributed by atoms with Crippen molar-refractivity contribution in [2.75, 3.05) is 0 Å². The van der Waals surface area contributed by atoms with E-state index in [1.165, 1.54) is 0 Å². The highest BCUT2D eigenvalue weighted by atomic mass is 79.9. The lowest BCUT2D eigenvalue weighted by Crippen LogP contribution is -2.40. The highest BCUT2D eigenvalue weighted by Gasteiger charge is 2.16. The average molecular weight is 351 g/mol. The molecular formula is C11H15BrN2O4S. The van der Waals surface area contributed by atoms with E-state index in [-0.39, 0.29) is 6.54 Å². The fraction of sp³-hybridized carbons (Fsp3) is 0.364. The molecule has 0 heterocycles. The third-order valence-corrected chi connectivity index (χ3v) is 3.70. The zero-order chi connectivity index (χ0) is 14.5. The summed E-state index contributed by atoms with van der Waals surface area (Å²) in [5.74, 6) is 0. The van der Waals surface area contributed by atoms with Crippen molar-refractivity contribution in [1.82, 2.24) is 9.44 Å². The van der Waals surface area contributed by atoms with Crippen LogP contribution >= 0.6 is 15.9 Å². The molecular weight excluding hydrogens is 336 g/mol. The summed E-state index contributed by atoms with van der Waals surface area (Å²) in [4.78, 5) is 11.2. The first-order valence-electron chi connectivity index (χ1n) is 5.51. The second kappa shape index (κ2) is 6.88. The van der Waals surface area contributed by atoms with Crippen molar-refractivity contribution >= 4 is 32.2 Å². The lowest BCUT2D eigenvalue weighted by Gasteiger charge is -2.11. The predicted octanol–water partition coefficient (Wildman–Crippen LogP) is 1.92. The highest BCUT2D eigenvalue weighted by Crippen LogP contribution is 2.15. The fourth-order valence-electron chi connectivity index (χ4n) is 1.20. The van der Waals surface area contributed by atoms with Gasteiger partial charge in [0, 0.05) is 11.0 Å². The lowest BCUT2D eigenvalue weighted by molar-refractivity contribution is 0.121. The topological polar surface area (TPSA) is 84.5 Å². The molecule has 0 spiro atoms. The van der Waals surface area contributed by atoms with Gasteiger partial charge in [-0.25, -0.2) is 9.52 Å². The maximum atomic E-state index is 11.6.